The Balaban J connectivity index is 2.30. The second-order valence-corrected chi connectivity index (χ2v) is 4.07. The van der Waals surface area contributed by atoms with Crippen molar-refractivity contribution in [1.29, 1.82) is 0 Å². The average Bonchev–Trinajstić information content (AvgIpc) is 2.85. The van der Waals surface area contributed by atoms with Gasteiger partial charge in [0.25, 0.3) is 5.89 Å². The fraction of sp³-hybridized carbons (Fsp3) is 0.500. The van der Waals surface area contributed by atoms with Crippen LogP contribution in [0, 0.1) is 6.92 Å². The van der Waals surface area contributed by atoms with Gasteiger partial charge in [0, 0.05) is 13.0 Å². The molecule has 0 amide bonds. The third-order valence-electron chi connectivity index (χ3n) is 2.62. The molecule has 0 saturated heterocycles. The highest BCUT2D eigenvalue weighted by Crippen LogP contribution is 2.21. The summed E-state index contributed by atoms with van der Waals surface area (Å²) in [4.78, 5) is 4.38. The molecule has 0 radical (unpaired) electrons. The molecule has 2 heterocycles. The van der Waals surface area contributed by atoms with Crippen molar-refractivity contribution in [2.24, 2.45) is 0 Å². The van der Waals surface area contributed by atoms with Crippen molar-refractivity contribution < 1.29 is 4.52 Å². The van der Waals surface area contributed by atoms with Crippen molar-refractivity contribution in [1.82, 2.24) is 25.7 Å². The Morgan fingerprint density at radius 1 is 1.33 bits per heavy atom. The molecule has 2 rings (SSSR count). The van der Waals surface area contributed by atoms with E-state index in [4.69, 9.17) is 4.52 Å². The number of aryl methyl sites for hydroxylation is 2. The molecule has 0 atom stereocenters. The largest absolute Gasteiger partial charge is 0.334 e. The summed E-state index contributed by atoms with van der Waals surface area (Å²) in [6, 6.07) is 1.93. The van der Waals surface area contributed by atoms with Crippen LogP contribution in [0.3, 0.4) is 0 Å². The smallest absolute Gasteiger partial charge is 0.259 e. The SMILES string of the molecule is CCc1nnc(C)cc1-c1nc(CCNC)no1. The molecule has 0 fully saturated rings. The van der Waals surface area contributed by atoms with Crippen molar-refractivity contribution in [2.45, 2.75) is 26.7 Å². The van der Waals surface area contributed by atoms with Crippen LogP contribution >= 0.6 is 0 Å². The van der Waals surface area contributed by atoms with Crippen LogP contribution in [-0.2, 0) is 12.8 Å². The molecular formula is C12H17N5O. The summed E-state index contributed by atoms with van der Waals surface area (Å²) in [5.41, 5.74) is 2.61. The Labute approximate surface area is 106 Å². The number of nitrogens with zero attached hydrogens (tertiary/aromatic N) is 4. The maximum absolute atomic E-state index is 5.29. The Hall–Kier alpha value is -1.82. The third kappa shape index (κ3) is 2.70. The molecule has 18 heavy (non-hydrogen) atoms. The van der Waals surface area contributed by atoms with E-state index in [-0.39, 0.29) is 0 Å². The molecule has 0 aliphatic heterocycles. The topological polar surface area (TPSA) is 76.7 Å². The van der Waals surface area contributed by atoms with Gasteiger partial charge in [0.2, 0.25) is 0 Å². The highest BCUT2D eigenvalue weighted by Gasteiger charge is 2.14. The van der Waals surface area contributed by atoms with Crippen molar-refractivity contribution >= 4 is 0 Å². The fourth-order valence-electron chi connectivity index (χ4n) is 1.66. The van der Waals surface area contributed by atoms with E-state index in [1.807, 2.05) is 27.0 Å². The molecule has 0 unspecified atom stereocenters. The monoisotopic (exact) mass is 247 g/mol. The molecule has 2 aromatic rings. The normalized spacial score (nSPS) is 10.8. The van der Waals surface area contributed by atoms with Crippen molar-refractivity contribution in [3.63, 3.8) is 0 Å². The van der Waals surface area contributed by atoms with Gasteiger partial charge in [-0.2, -0.15) is 15.2 Å². The maximum Gasteiger partial charge on any atom is 0.259 e. The van der Waals surface area contributed by atoms with Crippen molar-refractivity contribution in [3.8, 4) is 11.5 Å². The Kier molecular flexibility index (Phi) is 3.99. The van der Waals surface area contributed by atoms with Crippen LogP contribution in [-0.4, -0.2) is 33.9 Å². The van der Waals surface area contributed by atoms with Crippen LogP contribution in [0.1, 0.15) is 24.1 Å². The van der Waals surface area contributed by atoms with Gasteiger partial charge >= 0.3 is 0 Å². The summed E-state index contributed by atoms with van der Waals surface area (Å²) < 4.78 is 5.29. The van der Waals surface area contributed by atoms with Gasteiger partial charge in [-0.05, 0) is 26.5 Å². The van der Waals surface area contributed by atoms with E-state index in [0.29, 0.717) is 11.7 Å². The van der Waals surface area contributed by atoms with Crippen LogP contribution in [0.15, 0.2) is 10.6 Å². The van der Waals surface area contributed by atoms with Gasteiger partial charge in [0.1, 0.15) is 0 Å². The molecular weight excluding hydrogens is 230 g/mol. The molecule has 6 nitrogen and oxygen atoms in total. The molecule has 0 aliphatic carbocycles. The van der Waals surface area contributed by atoms with Crippen LogP contribution in [0.5, 0.6) is 0 Å². The lowest BCUT2D eigenvalue weighted by molar-refractivity contribution is 0.421. The second kappa shape index (κ2) is 5.68. The van der Waals surface area contributed by atoms with E-state index in [1.165, 1.54) is 0 Å². The molecule has 2 aromatic heterocycles. The highest BCUT2D eigenvalue weighted by molar-refractivity contribution is 5.56. The summed E-state index contributed by atoms with van der Waals surface area (Å²) in [5, 5.41) is 15.2. The first-order valence-corrected chi connectivity index (χ1v) is 6.05. The van der Waals surface area contributed by atoms with Gasteiger partial charge in [-0.1, -0.05) is 12.1 Å². The minimum Gasteiger partial charge on any atom is -0.334 e. The second-order valence-electron chi connectivity index (χ2n) is 4.07. The van der Waals surface area contributed by atoms with E-state index < -0.39 is 0 Å². The predicted molar refractivity (Wildman–Crippen MR) is 67.1 cm³/mol. The standard InChI is InChI=1S/C12H17N5O/c1-4-10-9(7-8(2)15-16-10)12-14-11(17-18-12)5-6-13-3/h7,13H,4-6H2,1-3H3. The molecule has 0 aliphatic rings. The molecule has 1 N–H and O–H groups in total. The average molecular weight is 247 g/mol. The Morgan fingerprint density at radius 2 is 2.17 bits per heavy atom. The van der Waals surface area contributed by atoms with Crippen LogP contribution in [0.2, 0.25) is 0 Å². The van der Waals surface area contributed by atoms with E-state index in [1.54, 1.807) is 0 Å². The van der Waals surface area contributed by atoms with Crippen molar-refractivity contribution in [3.05, 3.63) is 23.3 Å². The summed E-state index contributed by atoms with van der Waals surface area (Å²) in [7, 11) is 1.90. The number of hydrogen-bond acceptors (Lipinski definition) is 6. The number of rotatable bonds is 5. The minimum atomic E-state index is 0.524. The maximum atomic E-state index is 5.29. The Morgan fingerprint density at radius 3 is 2.89 bits per heavy atom. The molecule has 96 valence electrons. The predicted octanol–water partition coefficient (Wildman–Crippen LogP) is 1.16. The van der Waals surface area contributed by atoms with Crippen LogP contribution < -0.4 is 5.32 Å². The summed E-state index contributed by atoms with van der Waals surface area (Å²) in [6.07, 6.45) is 1.54. The number of aromatic nitrogens is 4. The zero-order chi connectivity index (χ0) is 13.0. The summed E-state index contributed by atoms with van der Waals surface area (Å²) in [5.74, 6) is 1.23. The first-order chi connectivity index (χ1) is 8.74. The van der Waals surface area contributed by atoms with Gasteiger partial charge in [-0.15, -0.1) is 0 Å². The molecule has 0 aromatic carbocycles. The number of hydrogen-bond donors (Lipinski definition) is 1. The van der Waals surface area contributed by atoms with Crippen LogP contribution in [0.25, 0.3) is 11.5 Å². The summed E-state index contributed by atoms with van der Waals surface area (Å²) in [6.45, 7) is 4.75. The van der Waals surface area contributed by atoms with Gasteiger partial charge in [-0.25, -0.2) is 0 Å². The van der Waals surface area contributed by atoms with E-state index in [9.17, 15) is 0 Å². The van der Waals surface area contributed by atoms with Crippen molar-refractivity contribution in [2.75, 3.05) is 13.6 Å². The van der Waals surface area contributed by atoms with Crippen LogP contribution in [0.4, 0.5) is 0 Å². The summed E-state index contributed by atoms with van der Waals surface area (Å²) >= 11 is 0. The molecule has 0 spiro atoms. The number of nitrogens with one attached hydrogen (secondary N) is 1. The number of likely N-dealkylation sites (N-methyl/N-ethyl adjacent to an activating group) is 1. The zero-order valence-corrected chi connectivity index (χ0v) is 10.9. The first-order valence-electron chi connectivity index (χ1n) is 6.05. The lowest BCUT2D eigenvalue weighted by Gasteiger charge is -2.01. The molecule has 6 heteroatoms. The van der Waals surface area contributed by atoms with Gasteiger partial charge in [-0.3, -0.25) is 0 Å². The Bertz CT molecular complexity index is 523. The van der Waals surface area contributed by atoms with Gasteiger partial charge in [0.15, 0.2) is 5.82 Å². The molecule has 0 bridgehead atoms. The van der Waals surface area contributed by atoms with Gasteiger partial charge in [0.05, 0.1) is 17.0 Å². The quantitative estimate of drug-likeness (QED) is 0.854. The zero-order valence-electron chi connectivity index (χ0n) is 10.9. The van der Waals surface area contributed by atoms with E-state index >= 15 is 0 Å². The highest BCUT2D eigenvalue weighted by atomic mass is 16.5. The fourth-order valence-corrected chi connectivity index (χ4v) is 1.66. The van der Waals surface area contributed by atoms with E-state index in [2.05, 4.69) is 25.7 Å². The lowest BCUT2D eigenvalue weighted by atomic mass is 10.1. The van der Waals surface area contributed by atoms with E-state index in [0.717, 1.165) is 36.3 Å². The lowest BCUT2D eigenvalue weighted by Crippen LogP contribution is -2.11. The third-order valence-corrected chi connectivity index (χ3v) is 2.62. The minimum absolute atomic E-state index is 0.524. The first kappa shape index (κ1) is 12.6. The molecule has 0 saturated carbocycles. The van der Waals surface area contributed by atoms with Gasteiger partial charge < -0.3 is 9.84 Å².